The largest absolute Gasteiger partial charge is 0.494 e. The van der Waals surface area contributed by atoms with Gasteiger partial charge in [-0.15, -0.1) is 11.8 Å². The molecule has 0 radical (unpaired) electrons. The van der Waals surface area contributed by atoms with Crippen molar-refractivity contribution in [1.82, 2.24) is 5.32 Å². The molecule has 0 aliphatic rings. The van der Waals surface area contributed by atoms with Crippen molar-refractivity contribution in [2.45, 2.75) is 6.92 Å². The zero-order valence-electron chi connectivity index (χ0n) is 11.7. The van der Waals surface area contributed by atoms with Crippen LogP contribution in [0.5, 0.6) is 5.75 Å². The molecule has 106 valence electrons. The van der Waals surface area contributed by atoms with Crippen molar-refractivity contribution in [2.24, 2.45) is 0 Å². The van der Waals surface area contributed by atoms with E-state index in [-0.39, 0.29) is 5.57 Å². The molecule has 5 nitrogen and oxygen atoms in total. The number of carbonyl (C=O) groups excluding carboxylic acids is 1. The van der Waals surface area contributed by atoms with E-state index in [4.69, 9.17) is 10.00 Å². The molecule has 1 rings (SSSR count). The first-order valence-corrected chi connectivity index (χ1v) is 7.29. The normalized spacial score (nSPS) is 11.1. The van der Waals surface area contributed by atoms with E-state index < -0.39 is 5.91 Å². The molecular formula is C14H17N3O2S. The van der Waals surface area contributed by atoms with Crippen LogP contribution in [0, 0.1) is 11.3 Å². The Labute approximate surface area is 123 Å². The first kappa shape index (κ1) is 15.9. The van der Waals surface area contributed by atoms with E-state index >= 15 is 0 Å². The van der Waals surface area contributed by atoms with E-state index in [2.05, 4.69) is 10.6 Å². The third-order valence-electron chi connectivity index (χ3n) is 2.42. The van der Waals surface area contributed by atoms with Crippen molar-refractivity contribution in [1.29, 1.82) is 5.26 Å². The molecule has 1 aromatic rings. The maximum Gasteiger partial charge on any atom is 0.269 e. The number of nitrogens with zero attached hydrogens (tertiary/aromatic N) is 1. The fourth-order valence-corrected chi connectivity index (χ4v) is 2.08. The first-order valence-electron chi connectivity index (χ1n) is 6.06. The number of nitrogens with one attached hydrogen (secondary N) is 2. The predicted octanol–water partition coefficient (Wildman–Crippen LogP) is 2.34. The fraction of sp³-hybridized carbons (Fsp3) is 0.286. The van der Waals surface area contributed by atoms with Gasteiger partial charge in [0.05, 0.1) is 11.6 Å². The van der Waals surface area contributed by atoms with Crippen molar-refractivity contribution < 1.29 is 9.53 Å². The van der Waals surface area contributed by atoms with Gasteiger partial charge in [-0.05, 0) is 37.4 Å². The Morgan fingerprint density at radius 2 is 2.05 bits per heavy atom. The number of ether oxygens (including phenoxy) is 1. The summed E-state index contributed by atoms with van der Waals surface area (Å²) in [6.45, 7) is 2.49. The molecular weight excluding hydrogens is 274 g/mol. The first-order chi connectivity index (χ1) is 9.65. The van der Waals surface area contributed by atoms with E-state index in [9.17, 15) is 4.79 Å². The minimum Gasteiger partial charge on any atom is -0.494 e. The lowest BCUT2D eigenvalue weighted by Gasteiger charge is -2.09. The average Bonchev–Trinajstić information content (AvgIpc) is 2.46. The highest BCUT2D eigenvalue weighted by atomic mass is 32.2. The van der Waals surface area contributed by atoms with Crippen LogP contribution in [0.15, 0.2) is 34.9 Å². The van der Waals surface area contributed by atoms with Crippen molar-refractivity contribution in [3.05, 3.63) is 34.9 Å². The molecule has 0 aromatic heterocycles. The van der Waals surface area contributed by atoms with Gasteiger partial charge in [0, 0.05) is 12.7 Å². The SMILES string of the molecule is CCOc1ccc(NC(=O)/C(C#N)=C(\NC)SC)cc1. The van der Waals surface area contributed by atoms with Crippen LogP contribution in [0.4, 0.5) is 5.69 Å². The van der Waals surface area contributed by atoms with Crippen LogP contribution in [0.1, 0.15) is 6.92 Å². The van der Waals surface area contributed by atoms with Gasteiger partial charge in [-0.3, -0.25) is 4.79 Å². The minimum atomic E-state index is -0.435. The number of nitriles is 1. The predicted molar refractivity (Wildman–Crippen MR) is 81.5 cm³/mol. The van der Waals surface area contributed by atoms with Crippen molar-refractivity contribution in [2.75, 3.05) is 25.2 Å². The number of anilines is 1. The molecule has 1 aromatic carbocycles. The number of amides is 1. The molecule has 0 saturated heterocycles. The molecule has 0 aliphatic carbocycles. The molecule has 0 bridgehead atoms. The Bertz CT molecular complexity index is 526. The number of rotatable bonds is 6. The van der Waals surface area contributed by atoms with Crippen LogP contribution in [-0.2, 0) is 4.79 Å². The fourth-order valence-electron chi connectivity index (χ4n) is 1.53. The van der Waals surface area contributed by atoms with E-state index in [0.717, 1.165) is 5.75 Å². The lowest BCUT2D eigenvalue weighted by molar-refractivity contribution is -0.112. The zero-order chi connectivity index (χ0) is 15.0. The Kier molecular flexibility index (Phi) is 6.47. The van der Waals surface area contributed by atoms with Crippen molar-refractivity contribution in [3.63, 3.8) is 0 Å². The van der Waals surface area contributed by atoms with Crippen LogP contribution in [0.25, 0.3) is 0 Å². The average molecular weight is 291 g/mol. The highest BCUT2D eigenvalue weighted by molar-refractivity contribution is 8.02. The van der Waals surface area contributed by atoms with Crippen LogP contribution in [-0.4, -0.2) is 25.8 Å². The van der Waals surface area contributed by atoms with Crippen LogP contribution < -0.4 is 15.4 Å². The molecule has 0 spiro atoms. The molecule has 0 saturated carbocycles. The number of benzene rings is 1. The van der Waals surface area contributed by atoms with E-state index in [0.29, 0.717) is 17.3 Å². The molecule has 6 heteroatoms. The van der Waals surface area contributed by atoms with Gasteiger partial charge in [0.2, 0.25) is 0 Å². The van der Waals surface area contributed by atoms with Gasteiger partial charge < -0.3 is 15.4 Å². The summed E-state index contributed by atoms with van der Waals surface area (Å²) < 4.78 is 5.32. The molecule has 0 unspecified atom stereocenters. The summed E-state index contributed by atoms with van der Waals surface area (Å²) in [5, 5.41) is 15.1. The molecule has 0 atom stereocenters. The summed E-state index contributed by atoms with van der Waals surface area (Å²) in [6, 6.07) is 8.91. The van der Waals surface area contributed by atoms with Gasteiger partial charge in [0.1, 0.15) is 17.4 Å². The Hall–Kier alpha value is -2.13. The third-order valence-corrected chi connectivity index (χ3v) is 3.24. The molecule has 2 N–H and O–H groups in total. The lowest BCUT2D eigenvalue weighted by Crippen LogP contribution is -2.18. The van der Waals surface area contributed by atoms with Crippen LogP contribution in [0.3, 0.4) is 0 Å². The van der Waals surface area contributed by atoms with Gasteiger partial charge in [-0.2, -0.15) is 5.26 Å². The lowest BCUT2D eigenvalue weighted by atomic mass is 10.2. The van der Waals surface area contributed by atoms with E-state index in [1.165, 1.54) is 11.8 Å². The quantitative estimate of drug-likeness (QED) is 0.621. The number of carbonyl (C=O) groups is 1. The van der Waals surface area contributed by atoms with Crippen molar-refractivity contribution >= 4 is 23.4 Å². The molecule has 0 fully saturated rings. The zero-order valence-corrected chi connectivity index (χ0v) is 12.5. The highest BCUT2D eigenvalue weighted by Gasteiger charge is 2.14. The Balaban J connectivity index is 2.84. The van der Waals surface area contributed by atoms with E-state index in [1.54, 1.807) is 37.6 Å². The second kappa shape index (κ2) is 8.12. The smallest absolute Gasteiger partial charge is 0.269 e. The molecule has 20 heavy (non-hydrogen) atoms. The van der Waals surface area contributed by atoms with Crippen LogP contribution in [0.2, 0.25) is 0 Å². The minimum absolute atomic E-state index is 0.0638. The van der Waals surface area contributed by atoms with E-state index in [1.807, 2.05) is 13.0 Å². The Morgan fingerprint density at radius 1 is 1.40 bits per heavy atom. The maximum absolute atomic E-state index is 12.0. The number of thioether (sulfide) groups is 1. The van der Waals surface area contributed by atoms with Gasteiger partial charge >= 0.3 is 0 Å². The summed E-state index contributed by atoms with van der Waals surface area (Å²) in [5.41, 5.74) is 0.677. The summed E-state index contributed by atoms with van der Waals surface area (Å²) >= 11 is 1.32. The summed E-state index contributed by atoms with van der Waals surface area (Å²) in [4.78, 5) is 12.0. The summed E-state index contributed by atoms with van der Waals surface area (Å²) in [5.74, 6) is 0.303. The standard InChI is InChI=1S/C14H17N3O2S/c1-4-19-11-7-5-10(6-8-11)17-13(18)12(9-15)14(16-2)20-3/h5-8,16H,4H2,1-3H3,(H,17,18)/b14-12+. The summed E-state index contributed by atoms with van der Waals surface area (Å²) in [7, 11) is 1.67. The molecule has 1 amide bonds. The monoisotopic (exact) mass is 291 g/mol. The van der Waals surface area contributed by atoms with Gasteiger partial charge in [-0.1, -0.05) is 0 Å². The van der Waals surface area contributed by atoms with Gasteiger partial charge in [0.25, 0.3) is 5.91 Å². The number of hydrogen-bond donors (Lipinski definition) is 2. The van der Waals surface area contributed by atoms with Gasteiger partial charge in [0.15, 0.2) is 0 Å². The topological polar surface area (TPSA) is 74.1 Å². The molecule has 0 heterocycles. The second-order valence-corrected chi connectivity index (χ2v) is 4.50. The summed E-state index contributed by atoms with van der Waals surface area (Å²) in [6.07, 6.45) is 1.80. The van der Waals surface area contributed by atoms with Gasteiger partial charge in [-0.25, -0.2) is 0 Å². The Morgan fingerprint density at radius 3 is 2.50 bits per heavy atom. The molecule has 0 aliphatic heterocycles. The highest BCUT2D eigenvalue weighted by Crippen LogP contribution is 2.18. The second-order valence-electron chi connectivity index (χ2n) is 3.68. The maximum atomic E-state index is 12.0. The number of hydrogen-bond acceptors (Lipinski definition) is 5. The van der Waals surface area contributed by atoms with Crippen LogP contribution >= 0.6 is 11.8 Å². The van der Waals surface area contributed by atoms with Crippen molar-refractivity contribution in [3.8, 4) is 11.8 Å². The third kappa shape index (κ3) is 4.21.